The van der Waals surface area contributed by atoms with Gasteiger partial charge in [0.05, 0.1) is 26.2 Å². The van der Waals surface area contributed by atoms with Crippen LogP contribution in [0, 0.1) is 5.92 Å². The zero-order valence-electron chi connectivity index (χ0n) is 15.2. The number of hydrogen-bond donors (Lipinski definition) is 0. The van der Waals surface area contributed by atoms with E-state index in [1.165, 1.54) is 0 Å². The first-order valence-corrected chi connectivity index (χ1v) is 8.73. The summed E-state index contributed by atoms with van der Waals surface area (Å²) in [6.45, 7) is 9.45. The molecule has 1 saturated heterocycles. The Morgan fingerprint density at radius 1 is 1.21 bits per heavy atom. The summed E-state index contributed by atoms with van der Waals surface area (Å²) in [6.07, 6.45) is 0. The first-order valence-electron chi connectivity index (χ1n) is 8.73. The average Bonchev–Trinajstić information content (AvgIpc) is 3.00. The summed E-state index contributed by atoms with van der Waals surface area (Å²) in [5, 5.41) is 0. The Labute approximate surface area is 144 Å². The first kappa shape index (κ1) is 17.0. The summed E-state index contributed by atoms with van der Waals surface area (Å²) < 4.78 is 11.4. The summed E-state index contributed by atoms with van der Waals surface area (Å²) in [5.41, 5.74) is 3.22. The van der Waals surface area contributed by atoms with Crippen molar-refractivity contribution in [1.82, 2.24) is 4.90 Å². The number of carbonyl (C=O) groups is 1. The number of fused-ring (bicyclic) bond motifs is 2. The van der Waals surface area contributed by atoms with Crippen LogP contribution in [0.2, 0.25) is 0 Å². The van der Waals surface area contributed by atoms with Gasteiger partial charge in [0.25, 0.3) is 0 Å². The third-order valence-corrected chi connectivity index (χ3v) is 5.07. The number of amides is 1. The number of rotatable bonds is 4. The van der Waals surface area contributed by atoms with Crippen molar-refractivity contribution >= 4 is 11.7 Å². The van der Waals surface area contributed by atoms with Crippen molar-refractivity contribution < 1.29 is 14.3 Å². The predicted octanol–water partition coefficient (Wildman–Crippen LogP) is 3.43. The van der Waals surface area contributed by atoms with Crippen LogP contribution in [0.15, 0.2) is 29.8 Å². The van der Waals surface area contributed by atoms with E-state index < -0.39 is 0 Å². The number of benzene rings is 1. The molecule has 1 heterocycles. The fourth-order valence-electron chi connectivity index (χ4n) is 4.21. The lowest BCUT2D eigenvalue weighted by molar-refractivity contribution is -0.137. The summed E-state index contributed by atoms with van der Waals surface area (Å²) in [6, 6.07) is 8.45. The molecule has 0 N–H and O–H groups in total. The van der Waals surface area contributed by atoms with Crippen LogP contribution in [0.25, 0.3) is 5.76 Å². The molecular formula is C20H27NO3. The Balaban J connectivity index is 2.11. The van der Waals surface area contributed by atoms with E-state index in [1.54, 1.807) is 7.11 Å². The number of nitrogens with zero attached hydrogens (tertiary/aromatic N) is 1. The van der Waals surface area contributed by atoms with Gasteiger partial charge in [0.1, 0.15) is 5.76 Å². The molecule has 1 amide bonds. The van der Waals surface area contributed by atoms with Crippen LogP contribution >= 0.6 is 0 Å². The Kier molecular flexibility index (Phi) is 4.68. The maximum Gasteiger partial charge on any atom is 0.231 e. The first-order chi connectivity index (χ1) is 11.5. The van der Waals surface area contributed by atoms with Crippen LogP contribution in [0.3, 0.4) is 0 Å². The van der Waals surface area contributed by atoms with Crippen molar-refractivity contribution in [3.63, 3.8) is 0 Å². The molecule has 1 fully saturated rings. The van der Waals surface area contributed by atoms with E-state index in [1.807, 2.05) is 23.1 Å². The third kappa shape index (κ3) is 2.63. The van der Waals surface area contributed by atoms with Crippen LogP contribution in [-0.4, -0.2) is 43.2 Å². The van der Waals surface area contributed by atoms with Gasteiger partial charge in [-0.1, -0.05) is 24.3 Å². The quantitative estimate of drug-likeness (QED) is 0.849. The van der Waals surface area contributed by atoms with Crippen molar-refractivity contribution in [2.75, 3.05) is 20.3 Å². The van der Waals surface area contributed by atoms with Crippen molar-refractivity contribution in [3.8, 4) is 0 Å². The molecule has 0 radical (unpaired) electrons. The molecule has 0 unspecified atom stereocenters. The smallest absolute Gasteiger partial charge is 0.231 e. The standard InChI is InChI=1S/C20H27NO3/c1-12(2)21(13(3)4)20(22)18-14-8-6-7-9-15(14)19(23-5)17-11-24-10-16(17)18/h6-9,12-13,16,18H,10-11H2,1-5H3/t16-,18-/m0/s1. The largest absolute Gasteiger partial charge is 0.496 e. The normalized spacial score (nSPS) is 22.6. The maximum atomic E-state index is 13.5. The van der Waals surface area contributed by atoms with Crippen LogP contribution in [-0.2, 0) is 14.3 Å². The molecule has 0 bridgehead atoms. The molecule has 3 rings (SSSR count). The van der Waals surface area contributed by atoms with Gasteiger partial charge in [-0.05, 0) is 33.3 Å². The minimum absolute atomic E-state index is 0.0716. The molecule has 2 aliphatic rings. The van der Waals surface area contributed by atoms with Gasteiger partial charge in [-0.3, -0.25) is 4.79 Å². The fraction of sp³-hybridized carbons (Fsp3) is 0.550. The zero-order valence-corrected chi connectivity index (χ0v) is 15.2. The number of ether oxygens (including phenoxy) is 2. The Morgan fingerprint density at radius 2 is 1.88 bits per heavy atom. The highest BCUT2D eigenvalue weighted by Gasteiger charge is 2.45. The molecule has 4 heteroatoms. The summed E-state index contributed by atoms with van der Waals surface area (Å²) in [4.78, 5) is 15.5. The number of methoxy groups -OCH3 is 1. The van der Waals surface area contributed by atoms with Gasteiger partial charge in [0.15, 0.2) is 0 Å². The zero-order chi connectivity index (χ0) is 17.4. The Bertz CT molecular complexity index is 655. The van der Waals surface area contributed by atoms with Gasteiger partial charge in [0.2, 0.25) is 5.91 Å². The molecule has 1 aromatic rings. The molecule has 1 aliphatic carbocycles. The van der Waals surface area contributed by atoms with E-state index in [0.717, 1.165) is 22.5 Å². The van der Waals surface area contributed by atoms with E-state index in [9.17, 15) is 4.79 Å². The molecule has 24 heavy (non-hydrogen) atoms. The van der Waals surface area contributed by atoms with Gasteiger partial charge in [0, 0.05) is 29.1 Å². The van der Waals surface area contributed by atoms with Gasteiger partial charge < -0.3 is 14.4 Å². The van der Waals surface area contributed by atoms with Crippen LogP contribution in [0.4, 0.5) is 0 Å². The second kappa shape index (κ2) is 6.60. The monoisotopic (exact) mass is 329 g/mol. The van der Waals surface area contributed by atoms with E-state index in [0.29, 0.717) is 13.2 Å². The molecule has 4 nitrogen and oxygen atoms in total. The lowest BCUT2D eigenvalue weighted by atomic mass is 9.74. The van der Waals surface area contributed by atoms with Gasteiger partial charge in [-0.15, -0.1) is 0 Å². The molecular weight excluding hydrogens is 302 g/mol. The van der Waals surface area contributed by atoms with Crippen LogP contribution in [0.5, 0.6) is 0 Å². The third-order valence-electron chi connectivity index (χ3n) is 5.07. The molecule has 1 aliphatic heterocycles. The minimum atomic E-state index is -0.192. The van der Waals surface area contributed by atoms with Crippen molar-refractivity contribution in [3.05, 3.63) is 41.0 Å². The SMILES string of the molecule is COC1=C2COC[C@@H]2[C@@H](C(=O)N(C(C)C)C(C)C)c2ccccc21. The van der Waals surface area contributed by atoms with Crippen molar-refractivity contribution in [1.29, 1.82) is 0 Å². The molecule has 0 spiro atoms. The van der Waals surface area contributed by atoms with Crippen molar-refractivity contribution in [2.24, 2.45) is 5.92 Å². The highest BCUT2D eigenvalue weighted by molar-refractivity contribution is 5.89. The average molecular weight is 329 g/mol. The topological polar surface area (TPSA) is 38.8 Å². The van der Waals surface area contributed by atoms with Gasteiger partial charge in [-0.25, -0.2) is 0 Å². The molecule has 0 aromatic heterocycles. The van der Waals surface area contributed by atoms with Crippen LogP contribution in [0.1, 0.15) is 44.7 Å². The van der Waals surface area contributed by atoms with E-state index >= 15 is 0 Å². The highest BCUT2D eigenvalue weighted by atomic mass is 16.5. The van der Waals surface area contributed by atoms with E-state index in [2.05, 4.69) is 33.8 Å². The summed E-state index contributed by atoms with van der Waals surface area (Å²) >= 11 is 0. The molecule has 1 aromatic carbocycles. The summed E-state index contributed by atoms with van der Waals surface area (Å²) in [7, 11) is 1.70. The number of carbonyl (C=O) groups excluding carboxylic acids is 1. The summed E-state index contributed by atoms with van der Waals surface area (Å²) in [5.74, 6) is 0.957. The van der Waals surface area contributed by atoms with E-state index in [4.69, 9.17) is 9.47 Å². The highest BCUT2D eigenvalue weighted by Crippen LogP contribution is 2.46. The van der Waals surface area contributed by atoms with Crippen molar-refractivity contribution in [2.45, 2.75) is 45.7 Å². The van der Waals surface area contributed by atoms with E-state index in [-0.39, 0.29) is 29.8 Å². The second-order valence-corrected chi connectivity index (χ2v) is 7.18. The Morgan fingerprint density at radius 3 is 2.50 bits per heavy atom. The maximum absolute atomic E-state index is 13.5. The number of hydrogen-bond acceptors (Lipinski definition) is 3. The molecule has 0 saturated carbocycles. The lowest BCUT2D eigenvalue weighted by Crippen LogP contribution is -2.47. The predicted molar refractivity (Wildman–Crippen MR) is 94.5 cm³/mol. The lowest BCUT2D eigenvalue weighted by Gasteiger charge is -2.38. The Hall–Kier alpha value is -1.81. The molecule has 2 atom stereocenters. The van der Waals surface area contributed by atoms with Gasteiger partial charge >= 0.3 is 0 Å². The second-order valence-electron chi connectivity index (χ2n) is 7.18. The fourth-order valence-corrected chi connectivity index (χ4v) is 4.21. The molecule has 130 valence electrons. The van der Waals surface area contributed by atoms with Crippen LogP contribution < -0.4 is 0 Å². The van der Waals surface area contributed by atoms with Gasteiger partial charge in [-0.2, -0.15) is 0 Å². The minimum Gasteiger partial charge on any atom is -0.496 e.